The lowest BCUT2D eigenvalue weighted by molar-refractivity contribution is 0.0768. The Morgan fingerprint density at radius 1 is 1.54 bits per heavy atom. The van der Waals surface area contributed by atoms with Crippen LogP contribution in [0.2, 0.25) is 5.15 Å². The van der Waals surface area contributed by atoms with Crippen LogP contribution in [0.15, 0.2) is 18.3 Å². The highest BCUT2D eigenvalue weighted by atomic mass is 35.5. The third kappa shape index (κ3) is 2.18. The molecule has 0 unspecified atom stereocenters. The van der Waals surface area contributed by atoms with Crippen LogP contribution < -0.4 is 5.32 Å². The minimum Gasteiger partial charge on any atom is -0.378 e. The van der Waals surface area contributed by atoms with Crippen molar-refractivity contribution in [1.82, 2.24) is 10.3 Å². The second-order valence-corrected chi connectivity index (χ2v) is 3.38. The van der Waals surface area contributed by atoms with Crippen molar-refractivity contribution in [2.24, 2.45) is 0 Å². The van der Waals surface area contributed by atoms with Gasteiger partial charge >= 0.3 is 0 Å². The number of morpholine rings is 1. The Hall–Kier alpha value is -0.640. The van der Waals surface area contributed by atoms with Gasteiger partial charge in [0.15, 0.2) is 0 Å². The fourth-order valence-corrected chi connectivity index (χ4v) is 1.48. The highest BCUT2D eigenvalue weighted by Gasteiger charge is 2.14. The first-order chi connectivity index (χ1) is 6.36. The van der Waals surface area contributed by atoms with Gasteiger partial charge in [0.25, 0.3) is 0 Å². The van der Waals surface area contributed by atoms with Crippen molar-refractivity contribution in [3.05, 3.63) is 29.0 Å². The molecule has 2 heterocycles. The van der Waals surface area contributed by atoms with Crippen LogP contribution in [0.1, 0.15) is 11.6 Å². The van der Waals surface area contributed by atoms with Gasteiger partial charge in [-0.2, -0.15) is 0 Å². The van der Waals surface area contributed by atoms with E-state index in [4.69, 9.17) is 16.3 Å². The van der Waals surface area contributed by atoms with Gasteiger partial charge in [-0.15, -0.1) is 0 Å². The van der Waals surface area contributed by atoms with E-state index in [0.29, 0.717) is 11.8 Å². The molecule has 0 aromatic carbocycles. The van der Waals surface area contributed by atoms with Gasteiger partial charge in [-0.1, -0.05) is 17.7 Å². The molecular formula is C9H11ClN2O. The van der Waals surface area contributed by atoms with E-state index in [-0.39, 0.29) is 6.04 Å². The molecule has 1 saturated heterocycles. The van der Waals surface area contributed by atoms with E-state index in [9.17, 15) is 0 Å². The number of nitrogens with zero attached hydrogens (tertiary/aromatic N) is 1. The third-order valence-electron chi connectivity index (χ3n) is 2.07. The van der Waals surface area contributed by atoms with Crippen molar-refractivity contribution in [2.45, 2.75) is 6.04 Å². The van der Waals surface area contributed by atoms with E-state index in [1.165, 1.54) is 0 Å². The molecule has 3 nitrogen and oxygen atoms in total. The van der Waals surface area contributed by atoms with E-state index in [1.54, 1.807) is 12.3 Å². The number of ether oxygens (including phenoxy) is 1. The fourth-order valence-electron chi connectivity index (χ4n) is 1.37. The van der Waals surface area contributed by atoms with E-state index in [1.807, 2.05) is 6.07 Å². The first-order valence-corrected chi connectivity index (χ1v) is 4.66. The number of hydrogen-bond acceptors (Lipinski definition) is 3. The van der Waals surface area contributed by atoms with Crippen LogP contribution in [0.25, 0.3) is 0 Å². The molecule has 1 aliphatic rings. The lowest BCUT2D eigenvalue weighted by atomic mass is 10.1. The van der Waals surface area contributed by atoms with E-state index >= 15 is 0 Å². The Balaban J connectivity index is 2.10. The molecule has 0 spiro atoms. The molecule has 70 valence electrons. The third-order valence-corrected chi connectivity index (χ3v) is 2.30. The number of pyridine rings is 1. The molecule has 1 N–H and O–H groups in total. The maximum atomic E-state index is 5.69. The van der Waals surface area contributed by atoms with Gasteiger partial charge in [0.2, 0.25) is 0 Å². The zero-order chi connectivity index (χ0) is 9.10. The SMILES string of the molecule is Clc1ccc([C@H]2COCCN2)cn1. The summed E-state index contributed by atoms with van der Waals surface area (Å²) in [5.41, 5.74) is 1.13. The van der Waals surface area contributed by atoms with Crippen molar-refractivity contribution in [2.75, 3.05) is 19.8 Å². The van der Waals surface area contributed by atoms with Gasteiger partial charge in [-0.25, -0.2) is 4.98 Å². The Morgan fingerprint density at radius 2 is 2.46 bits per heavy atom. The van der Waals surface area contributed by atoms with E-state index < -0.39 is 0 Å². The van der Waals surface area contributed by atoms with Crippen LogP contribution in [0, 0.1) is 0 Å². The van der Waals surface area contributed by atoms with Crippen LogP contribution >= 0.6 is 11.6 Å². The highest BCUT2D eigenvalue weighted by Crippen LogP contribution is 2.15. The van der Waals surface area contributed by atoms with Gasteiger partial charge < -0.3 is 10.1 Å². The molecule has 1 aliphatic heterocycles. The summed E-state index contributed by atoms with van der Waals surface area (Å²) in [6.45, 7) is 2.40. The Labute approximate surface area is 82.1 Å². The molecule has 4 heteroatoms. The average molecular weight is 199 g/mol. The molecule has 13 heavy (non-hydrogen) atoms. The average Bonchev–Trinajstić information content (AvgIpc) is 2.20. The Morgan fingerprint density at radius 3 is 3.08 bits per heavy atom. The molecule has 0 bridgehead atoms. The maximum absolute atomic E-state index is 5.69. The van der Waals surface area contributed by atoms with Crippen molar-refractivity contribution in [3.8, 4) is 0 Å². The first kappa shape index (κ1) is 8.94. The van der Waals surface area contributed by atoms with Crippen LogP contribution in [0.3, 0.4) is 0 Å². The van der Waals surface area contributed by atoms with E-state index in [0.717, 1.165) is 18.7 Å². The lowest BCUT2D eigenvalue weighted by Crippen LogP contribution is -2.34. The first-order valence-electron chi connectivity index (χ1n) is 4.29. The fraction of sp³-hybridized carbons (Fsp3) is 0.444. The lowest BCUT2D eigenvalue weighted by Gasteiger charge is -2.23. The Bertz CT molecular complexity index is 269. The summed E-state index contributed by atoms with van der Waals surface area (Å²) < 4.78 is 5.34. The molecular weight excluding hydrogens is 188 g/mol. The monoisotopic (exact) mass is 198 g/mol. The number of rotatable bonds is 1. The second kappa shape index (κ2) is 4.05. The predicted octanol–water partition coefficient (Wildman–Crippen LogP) is 1.40. The molecule has 0 radical (unpaired) electrons. The zero-order valence-corrected chi connectivity index (χ0v) is 7.92. The van der Waals surface area contributed by atoms with Gasteiger partial charge in [0.05, 0.1) is 19.3 Å². The molecule has 0 amide bonds. The molecule has 1 aromatic heterocycles. The standard InChI is InChI=1S/C9H11ClN2O/c10-9-2-1-7(5-12-9)8-6-13-4-3-11-8/h1-2,5,8,11H,3-4,6H2/t8-/m1/s1. The summed E-state index contributed by atoms with van der Waals surface area (Å²) in [4.78, 5) is 4.02. The highest BCUT2D eigenvalue weighted by molar-refractivity contribution is 6.29. The molecule has 0 saturated carbocycles. The minimum atomic E-state index is 0.263. The smallest absolute Gasteiger partial charge is 0.129 e. The van der Waals surface area contributed by atoms with Gasteiger partial charge in [0, 0.05) is 12.7 Å². The summed E-state index contributed by atoms with van der Waals surface area (Å²) >= 11 is 5.69. The summed E-state index contributed by atoms with van der Waals surface area (Å²) in [6, 6.07) is 4.04. The number of halogens is 1. The minimum absolute atomic E-state index is 0.263. The molecule has 1 fully saturated rings. The summed E-state index contributed by atoms with van der Waals surface area (Å²) in [7, 11) is 0. The molecule has 1 aromatic rings. The van der Waals surface area contributed by atoms with Crippen molar-refractivity contribution < 1.29 is 4.74 Å². The molecule has 1 atom stereocenters. The van der Waals surface area contributed by atoms with Crippen LogP contribution in [-0.2, 0) is 4.74 Å². The maximum Gasteiger partial charge on any atom is 0.129 e. The topological polar surface area (TPSA) is 34.1 Å². The second-order valence-electron chi connectivity index (χ2n) is 3.00. The largest absolute Gasteiger partial charge is 0.378 e. The summed E-state index contributed by atoms with van der Waals surface area (Å²) in [5.74, 6) is 0. The molecule has 2 rings (SSSR count). The Kier molecular flexibility index (Phi) is 2.78. The summed E-state index contributed by atoms with van der Waals surface area (Å²) in [6.07, 6.45) is 1.79. The number of nitrogens with one attached hydrogen (secondary N) is 1. The van der Waals surface area contributed by atoms with Crippen molar-refractivity contribution >= 4 is 11.6 Å². The van der Waals surface area contributed by atoms with Gasteiger partial charge in [-0.05, 0) is 11.6 Å². The van der Waals surface area contributed by atoms with Crippen LogP contribution in [0.4, 0.5) is 0 Å². The molecule has 0 aliphatic carbocycles. The van der Waals surface area contributed by atoms with Crippen LogP contribution in [-0.4, -0.2) is 24.7 Å². The van der Waals surface area contributed by atoms with Gasteiger partial charge in [-0.3, -0.25) is 0 Å². The normalized spacial score (nSPS) is 23.0. The summed E-state index contributed by atoms with van der Waals surface area (Å²) in [5, 5.41) is 3.87. The van der Waals surface area contributed by atoms with Gasteiger partial charge in [0.1, 0.15) is 5.15 Å². The quantitative estimate of drug-likeness (QED) is 0.693. The van der Waals surface area contributed by atoms with Crippen LogP contribution in [0.5, 0.6) is 0 Å². The van der Waals surface area contributed by atoms with Crippen molar-refractivity contribution in [1.29, 1.82) is 0 Å². The van der Waals surface area contributed by atoms with E-state index in [2.05, 4.69) is 10.3 Å². The predicted molar refractivity (Wildman–Crippen MR) is 50.8 cm³/mol. The van der Waals surface area contributed by atoms with Crippen molar-refractivity contribution in [3.63, 3.8) is 0 Å². The zero-order valence-electron chi connectivity index (χ0n) is 7.16. The number of aromatic nitrogens is 1. The number of hydrogen-bond donors (Lipinski definition) is 1.